The third-order valence-corrected chi connectivity index (χ3v) is 7.98. The first-order chi connectivity index (χ1) is 16.4. The molecule has 2 N–H and O–H groups in total. The summed E-state index contributed by atoms with van der Waals surface area (Å²) in [5.74, 6) is 0.0945. The van der Waals surface area contributed by atoms with Gasteiger partial charge in [-0.2, -0.15) is 13.2 Å². The van der Waals surface area contributed by atoms with E-state index in [0.717, 1.165) is 18.4 Å². The van der Waals surface area contributed by atoms with Crippen LogP contribution in [-0.4, -0.2) is 72.4 Å². The molecule has 2 aliphatic carbocycles. The number of carbonyl (C=O) groups excluding carboxylic acids is 1. The zero-order valence-electron chi connectivity index (χ0n) is 20.4. The lowest BCUT2D eigenvalue weighted by molar-refractivity contribution is -0.0585. The fourth-order valence-electron chi connectivity index (χ4n) is 5.65. The van der Waals surface area contributed by atoms with Crippen LogP contribution in [0, 0.1) is 17.1 Å². The minimum atomic E-state index is -4.79. The van der Waals surface area contributed by atoms with Gasteiger partial charge in [-0.05, 0) is 76.2 Å². The van der Waals surface area contributed by atoms with Crippen LogP contribution in [0.1, 0.15) is 44.1 Å². The van der Waals surface area contributed by atoms with Crippen LogP contribution in [0.25, 0.3) is 0 Å². The van der Waals surface area contributed by atoms with Gasteiger partial charge < -0.3 is 10.2 Å². The van der Waals surface area contributed by atoms with E-state index in [9.17, 15) is 22.4 Å². The van der Waals surface area contributed by atoms with E-state index in [-0.39, 0.29) is 24.2 Å². The summed E-state index contributed by atoms with van der Waals surface area (Å²) in [7, 11) is 5.41. The maximum atomic E-state index is 14.1. The van der Waals surface area contributed by atoms with E-state index in [4.69, 9.17) is 5.41 Å². The van der Waals surface area contributed by atoms with Gasteiger partial charge >= 0.3 is 12.2 Å². The zero-order valence-corrected chi connectivity index (χ0v) is 20.4. The monoisotopic (exact) mass is 495 g/mol. The molecule has 1 heterocycles. The van der Waals surface area contributed by atoms with E-state index in [1.165, 1.54) is 18.0 Å². The molecule has 0 aromatic heterocycles. The van der Waals surface area contributed by atoms with Crippen molar-refractivity contribution in [2.24, 2.45) is 5.92 Å². The summed E-state index contributed by atoms with van der Waals surface area (Å²) < 4.78 is 53.2. The van der Waals surface area contributed by atoms with Crippen LogP contribution in [0.2, 0.25) is 0 Å². The van der Waals surface area contributed by atoms with Gasteiger partial charge in [-0.25, -0.2) is 9.18 Å². The van der Waals surface area contributed by atoms with Crippen LogP contribution in [0.5, 0.6) is 0 Å². The van der Waals surface area contributed by atoms with Crippen molar-refractivity contribution in [3.8, 4) is 0 Å². The number of hydrogen-bond acceptors (Lipinski definition) is 4. The van der Waals surface area contributed by atoms with E-state index in [1.54, 1.807) is 12.1 Å². The summed E-state index contributed by atoms with van der Waals surface area (Å²) in [6.45, 7) is 0.834. The molecule has 2 amide bonds. The molecule has 4 rings (SSSR count). The Bertz CT molecular complexity index is 1010. The highest BCUT2D eigenvalue weighted by Gasteiger charge is 2.56. The Morgan fingerprint density at radius 3 is 2.40 bits per heavy atom. The number of rotatable bonds is 7. The molecule has 2 saturated carbocycles. The Kier molecular flexibility index (Phi) is 6.63. The quantitative estimate of drug-likeness (QED) is 0.426. The molecule has 35 heavy (non-hydrogen) atoms. The van der Waals surface area contributed by atoms with E-state index in [1.807, 2.05) is 25.1 Å². The second-order valence-corrected chi connectivity index (χ2v) is 10.3. The number of amides is 2. The lowest BCUT2D eigenvalue weighted by Gasteiger charge is -2.51. The van der Waals surface area contributed by atoms with Gasteiger partial charge in [0.2, 0.25) is 0 Å². The summed E-state index contributed by atoms with van der Waals surface area (Å²) in [6, 6.07) is 6.30. The average molecular weight is 496 g/mol. The first kappa shape index (κ1) is 25.5. The van der Waals surface area contributed by atoms with Crippen LogP contribution in [0.15, 0.2) is 36.2 Å². The van der Waals surface area contributed by atoms with E-state index in [0.29, 0.717) is 44.2 Å². The Morgan fingerprint density at radius 1 is 1.23 bits per heavy atom. The number of alkyl halides is 3. The highest BCUT2D eigenvalue weighted by Crippen LogP contribution is 2.50. The first-order valence-corrected chi connectivity index (χ1v) is 12.0. The molecule has 3 fully saturated rings. The molecule has 10 heteroatoms. The number of benzene rings is 1. The Morgan fingerprint density at radius 2 is 1.89 bits per heavy atom. The van der Waals surface area contributed by atoms with Crippen LogP contribution in [0.3, 0.4) is 0 Å². The van der Waals surface area contributed by atoms with Crippen LogP contribution in [0.4, 0.5) is 22.4 Å². The molecule has 0 atom stereocenters. The van der Waals surface area contributed by atoms with Crippen LogP contribution < -0.4 is 5.32 Å². The van der Waals surface area contributed by atoms with Crippen LogP contribution >= 0.6 is 0 Å². The van der Waals surface area contributed by atoms with Gasteiger partial charge in [-0.15, -0.1) is 0 Å². The second-order valence-electron chi connectivity index (χ2n) is 10.3. The number of urea groups is 1. The lowest BCUT2D eigenvalue weighted by atomic mass is 9.68. The molecule has 3 aliphatic rings. The topological polar surface area (TPSA) is 62.7 Å². The van der Waals surface area contributed by atoms with Crippen molar-refractivity contribution in [3.05, 3.63) is 47.5 Å². The van der Waals surface area contributed by atoms with E-state index >= 15 is 0 Å². The molecule has 0 bridgehead atoms. The van der Waals surface area contributed by atoms with Gasteiger partial charge in [0.05, 0.1) is 12.1 Å². The minimum Gasteiger partial charge on any atom is -0.374 e. The van der Waals surface area contributed by atoms with Crippen molar-refractivity contribution in [1.82, 2.24) is 20.0 Å². The first-order valence-electron chi connectivity index (χ1n) is 12.0. The fraction of sp³-hybridized carbons (Fsp3) is 0.600. The third kappa shape index (κ3) is 4.77. The van der Waals surface area contributed by atoms with Gasteiger partial charge in [0.25, 0.3) is 0 Å². The van der Waals surface area contributed by atoms with Gasteiger partial charge in [0.1, 0.15) is 17.3 Å². The zero-order chi connectivity index (χ0) is 25.6. The highest BCUT2D eigenvalue weighted by atomic mass is 19.4. The van der Waals surface area contributed by atoms with E-state index < -0.39 is 23.0 Å². The molecule has 0 unspecified atom stereocenters. The van der Waals surface area contributed by atoms with Gasteiger partial charge in [0, 0.05) is 25.2 Å². The molecular formula is C25H33F4N5O. The SMILES string of the molecule is CN/C(=C\C(=N)C(F)(F)F)N1C[C@]2(CC[C@](c3cccc(F)c3)(N(C)C)CC2)N(CC2CC2)C1=O. The molecule has 1 spiro atoms. The van der Waals surface area contributed by atoms with Crippen molar-refractivity contribution < 1.29 is 22.4 Å². The predicted octanol–water partition coefficient (Wildman–Crippen LogP) is 4.69. The number of nitrogens with zero attached hydrogens (tertiary/aromatic N) is 3. The number of allylic oxidation sites excluding steroid dienone is 1. The summed E-state index contributed by atoms with van der Waals surface area (Å²) in [5.41, 5.74) is -1.54. The standard InChI is InChI=1S/C25H33F4N5O/c1-31-21(14-20(30)25(27,28)29)33-16-23(34(22(33)35)15-17-7-8-17)9-11-24(12-10-23,32(2)3)18-5-4-6-19(26)13-18/h4-6,13-14,17,30-31H,7-12,15-16H2,1-3H3/b21-14+,30-20?/t23-,24+. The summed E-state index contributed by atoms with van der Waals surface area (Å²) in [5, 5.41) is 10.1. The molecule has 1 aliphatic heterocycles. The normalized spacial score (nSPS) is 27.8. The maximum absolute atomic E-state index is 14.1. The molecule has 1 aromatic carbocycles. The smallest absolute Gasteiger partial charge is 0.374 e. The van der Waals surface area contributed by atoms with Crippen LogP contribution in [-0.2, 0) is 5.54 Å². The number of halogens is 4. The minimum absolute atomic E-state index is 0.0235. The van der Waals surface area contributed by atoms with Crippen molar-refractivity contribution in [3.63, 3.8) is 0 Å². The van der Waals surface area contributed by atoms with Crippen molar-refractivity contribution in [2.75, 3.05) is 34.2 Å². The summed E-state index contributed by atoms with van der Waals surface area (Å²) >= 11 is 0. The van der Waals surface area contributed by atoms with Gasteiger partial charge in [0.15, 0.2) is 0 Å². The lowest BCUT2D eigenvalue weighted by Crippen LogP contribution is -2.55. The molecule has 192 valence electrons. The third-order valence-electron chi connectivity index (χ3n) is 7.98. The summed E-state index contributed by atoms with van der Waals surface area (Å²) in [6.07, 6.45) is 0.625. The van der Waals surface area contributed by atoms with E-state index in [2.05, 4.69) is 10.2 Å². The molecular weight excluding hydrogens is 462 g/mol. The predicted molar refractivity (Wildman–Crippen MR) is 125 cm³/mol. The number of hydrogen-bond donors (Lipinski definition) is 2. The van der Waals surface area contributed by atoms with Gasteiger partial charge in [-0.3, -0.25) is 15.2 Å². The Labute approximate surface area is 203 Å². The number of carbonyl (C=O) groups is 1. The van der Waals surface area contributed by atoms with Crippen molar-refractivity contribution in [1.29, 1.82) is 5.41 Å². The second kappa shape index (κ2) is 9.11. The molecule has 0 radical (unpaired) electrons. The van der Waals surface area contributed by atoms with Gasteiger partial charge in [-0.1, -0.05) is 12.1 Å². The van der Waals surface area contributed by atoms with Crippen molar-refractivity contribution >= 4 is 11.7 Å². The summed E-state index contributed by atoms with van der Waals surface area (Å²) in [4.78, 5) is 18.9. The fourth-order valence-corrected chi connectivity index (χ4v) is 5.65. The molecule has 1 saturated heterocycles. The molecule has 1 aromatic rings. The average Bonchev–Trinajstić information content (AvgIpc) is 3.59. The Balaban J connectivity index is 1.64. The maximum Gasteiger partial charge on any atom is 0.432 e. The van der Waals surface area contributed by atoms with Crippen molar-refractivity contribution in [2.45, 2.75) is 55.8 Å². The molecule has 6 nitrogen and oxygen atoms in total. The number of nitrogens with one attached hydrogen (secondary N) is 2. The largest absolute Gasteiger partial charge is 0.432 e. The highest BCUT2D eigenvalue weighted by molar-refractivity contribution is 5.98. The Hall–Kier alpha value is -2.62.